The third kappa shape index (κ3) is 2.51. The second-order valence-corrected chi connectivity index (χ2v) is 4.17. The maximum Gasteiger partial charge on any atom is 0.0876 e. The Morgan fingerprint density at radius 3 is 2.62 bits per heavy atom. The highest BCUT2D eigenvalue weighted by atomic mass is 16.5. The molecule has 0 bridgehead atoms. The van der Waals surface area contributed by atoms with E-state index in [0.29, 0.717) is 0 Å². The van der Waals surface area contributed by atoms with Gasteiger partial charge in [0.05, 0.1) is 18.6 Å². The summed E-state index contributed by atoms with van der Waals surface area (Å²) < 4.78 is 5.28. The van der Waals surface area contributed by atoms with Crippen molar-refractivity contribution in [3.05, 3.63) is 41.2 Å². The molecule has 2 heteroatoms. The molecule has 0 aromatic heterocycles. The molecule has 2 rings (SSSR count). The smallest absolute Gasteiger partial charge is 0.0876 e. The molecule has 1 aliphatic rings. The molecule has 1 aromatic carbocycles. The standard InChI is InChI=1S/C14H17NO/c1-11-5-3-6-12(2)14(11)15-9-13-7-4-8-16-10-13/h3,5-6,9-10H,4,7-8H2,1-2H3. The largest absolute Gasteiger partial charge is 0.501 e. The molecule has 2 nitrogen and oxygen atoms in total. The minimum Gasteiger partial charge on any atom is -0.501 e. The molecule has 1 aromatic rings. The molecular weight excluding hydrogens is 198 g/mol. The van der Waals surface area contributed by atoms with E-state index in [0.717, 1.165) is 25.1 Å². The number of hydrogen-bond acceptors (Lipinski definition) is 2. The summed E-state index contributed by atoms with van der Waals surface area (Å²) in [7, 11) is 0. The maximum atomic E-state index is 5.28. The number of aliphatic imine (C=N–C) groups is 1. The van der Waals surface area contributed by atoms with Crippen molar-refractivity contribution in [1.82, 2.24) is 0 Å². The number of rotatable bonds is 2. The zero-order valence-electron chi connectivity index (χ0n) is 9.86. The van der Waals surface area contributed by atoms with Gasteiger partial charge in [-0.2, -0.15) is 0 Å². The van der Waals surface area contributed by atoms with Crippen LogP contribution in [-0.2, 0) is 4.74 Å². The highest BCUT2D eigenvalue weighted by Crippen LogP contribution is 2.23. The van der Waals surface area contributed by atoms with Crippen LogP contribution >= 0.6 is 0 Å². The number of aryl methyl sites for hydroxylation is 2. The van der Waals surface area contributed by atoms with Gasteiger partial charge >= 0.3 is 0 Å². The van der Waals surface area contributed by atoms with Gasteiger partial charge in [-0.05, 0) is 37.8 Å². The number of hydrogen-bond donors (Lipinski definition) is 0. The van der Waals surface area contributed by atoms with Crippen LogP contribution in [0, 0.1) is 13.8 Å². The maximum absolute atomic E-state index is 5.28. The van der Waals surface area contributed by atoms with Crippen molar-refractivity contribution in [2.24, 2.45) is 4.99 Å². The molecule has 0 atom stereocenters. The van der Waals surface area contributed by atoms with Crippen LogP contribution in [0.3, 0.4) is 0 Å². The van der Waals surface area contributed by atoms with Crippen LogP contribution in [0.25, 0.3) is 0 Å². The van der Waals surface area contributed by atoms with Crippen LogP contribution in [0.15, 0.2) is 35.0 Å². The zero-order valence-corrected chi connectivity index (χ0v) is 9.86. The molecule has 1 heterocycles. The summed E-state index contributed by atoms with van der Waals surface area (Å²) in [6, 6.07) is 6.24. The average molecular weight is 215 g/mol. The Hall–Kier alpha value is -1.57. The number of ether oxygens (including phenoxy) is 1. The highest BCUT2D eigenvalue weighted by molar-refractivity contribution is 5.81. The minimum atomic E-state index is 0.834. The monoisotopic (exact) mass is 215 g/mol. The molecule has 0 unspecified atom stereocenters. The third-order valence-corrected chi connectivity index (χ3v) is 2.76. The van der Waals surface area contributed by atoms with Crippen molar-refractivity contribution in [2.75, 3.05) is 6.61 Å². The first-order valence-electron chi connectivity index (χ1n) is 5.68. The summed E-state index contributed by atoms with van der Waals surface area (Å²) in [5.41, 5.74) is 4.69. The number of benzene rings is 1. The van der Waals surface area contributed by atoms with Gasteiger partial charge in [0, 0.05) is 11.8 Å². The lowest BCUT2D eigenvalue weighted by Gasteiger charge is -2.10. The molecule has 0 radical (unpaired) electrons. The van der Waals surface area contributed by atoms with E-state index in [2.05, 4.69) is 37.0 Å². The fraction of sp³-hybridized carbons (Fsp3) is 0.357. The first kappa shape index (κ1) is 10.9. The molecule has 0 amide bonds. The van der Waals surface area contributed by atoms with Crippen molar-refractivity contribution < 1.29 is 4.74 Å². The van der Waals surface area contributed by atoms with Crippen molar-refractivity contribution in [3.63, 3.8) is 0 Å². The molecule has 0 saturated carbocycles. The van der Waals surface area contributed by atoms with Gasteiger partial charge in [0.2, 0.25) is 0 Å². The summed E-state index contributed by atoms with van der Waals surface area (Å²) in [6.07, 6.45) is 5.90. The van der Waals surface area contributed by atoms with Crippen molar-refractivity contribution in [3.8, 4) is 0 Å². The van der Waals surface area contributed by atoms with Gasteiger partial charge in [0.25, 0.3) is 0 Å². The zero-order chi connectivity index (χ0) is 11.4. The van der Waals surface area contributed by atoms with Crippen molar-refractivity contribution in [1.29, 1.82) is 0 Å². The molecule has 16 heavy (non-hydrogen) atoms. The Bertz CT molecular complexity index is 412. The quantitative estimate of drug-likeness (QED) is 0.689. The Kier molecular flexibility index (Phi) is 3.40. The predicted octanol–water partition coefficient (Wildman–Crippen LogP) is 3.70. The van der Waals surface area contributed by atoms with Crippen LogP contribution in [0.2, 0.25) is 0 Å². The second kappa shape index (κ2) is 4.97. The van der Waals surface area contributed by atoms with Gasteiger partial charge < -0.3 is 4.74 Å². The SMILES string of the molecule is Cc1cccc(C)c1N=CC1=COCCC1. The Balaban J connectivity index is 2.20. The van der Waals surface area contributed by atoms with E-state index in [-0.39, 0.29) is 0 Å². The van der Waals surface area contributed by atoms with Crippen LogP contribution in [0.1, 0.15) is 24.0 Å². The van der Waals surface area contributed by atoms with Gasteiger partial charge in [-0.3, -0.25) is 4.99 Å². The third-order valence-electron chi connectivity index (χ3n) is 2.76. The molecule has 0 spiro atoms. The molecule has 0 N–H and O–H groups in total. The first-order valence-corrected chi connectivity index (χ1v) is 5.68. The normalized spacial score (nSPS) is 16.0. The fourth-order valence-electron chi connectivity index (χ4n) is 1.84. The number of para-hydroxylation sites is 1. The van der Waals surface area contributed by atoms with E-state index in [1.807, 2.05) is 12.5 Å². The minimum absolute atomic E-state index is 0.834. The van der Waals surface area contributed by atoms with E-state index in [4.69, 9.17) is 4.74 Å². The Labute approximate surface area is 96.7 Å². The number of allylic oxidation sites excluding steroid dienone is 1. The molecule has 84 valence electrons. The predicted molar refractivity (Wildman–Crippen MR) is 67.3 cm³/mol. The second-order valence-electron chi connectivity index (χ2n) is 4.17. The van der Waals surface area contributed by atoms with E-state index >= 15 is 0 Å². The van der Waals surface area contributed by atoms with Gasteiger partial charge in [0.15, 0.2) is 0 Å². The Morgan fingerprint density at radius 2 is 2.00 bits per heavy atom. The van der Waals surface area contributed by atoms with Gasteiger partial charge in [-0.25, -0.2) is 0 Å². The number of nitrogens with zero attached hydrogens (tertiary/aromatic N) is 1. The molecule has 0 aliphatic carbocycles. The lowest BCUT2D eigenvalue weighted by atomic mass is 10.1. The van der Waals surface area contributed by atoms with Crippen molar-refractivity contribution in [2.45, 2.75) is 26.7 Å². The van der Waals surface area contributed by atoms with E-state index < -0.39 is 0 Å². The molecular formula is C14H17NO. The highest BCUT2D eigenvalue weighted by Gasteiger charge is 2.03. The summed E-state index contributed by atoms with van der Waals surface area (Å²) in [5.74, 6) is 0. The van der Waals surface area contributed by atoms with Gasteiger partial charge in [0.1, 0.15) is 0 Å². The molecule has 0 fully saturated rings. The average Bonchev–Trinajstić information content (AvgIpc) is 2.30. The summed E-state index contributed by atoms with van der Waals surface area (Å²) in [6.45, 7) is 5.01. The van der Waals surface area contributed by atoms with E-state index in [1.165, 1.54) is 16.7 Å². The summed E-state index contributed by atoms with van der Waals surface area (Å²) in [5, 5.41) is 0. The van der Waals surface area contributed by atoms with E-state index in [9.17, 15) is 0 Å². The first-order chi connectivity index (χ1) is 7.77. The molecule has 1 aliphatic heterocycles. The van der Waals surface area contributed by atoms with Crippen LogP contribution in [0.5, 0.6) is 0 Å². The summed E-state index contributed by atoms with van der Waals surface area (Å²) in [4.78, 5) is 4.56. The summed E-state index contributed by atoms with van der Waals surface area (Å²) >= 11 is 0. The van der Waals surface area contributed by atoms with Crippen molar-refractivity contribution >= 4 is 11.9 Å². The van der Waals surface area contributed by atoms with Crippen LogP contribution in [-0.4, -0.2) is 12.8 Å². The Morgan fingerprint density at radius 1 is 1.25 bits per heavy atom. The topological polar surface area (TPSA) is 21.6 Å². The van der Waals surface area contributed by atoms with Gasteiger partial charge in [-0.1, -0.05) is 18.2 Å². The van der Waals surface area contributed by atoms with E-state index in [1.54, 1.807) is 0 Å². The lowest BCUT2D eigenvalue weighted by molar-refractivity contribution is 0.228. The van der Waals surface area contributed by atoms with Crippen LogP contribution in [0.4, 0.5) is 5.69 Å². The molecule has 0 saturated heterocycles. The van der Waals surface area contributed by atoms with Gasteiger partial charge in [-0.15, -0.1) is 0 Å². The lowest BCUT2D eigenvalue weighted by Crippen LogP contribution is -1.99. The van der Waals surface area contributed by atoms with Crippen LogP contribution < -0.4 is 0 Å². The fourth-order valence-corrected chi connectivity index (χ4v) is 1.84.